The van der Waals surface area contributed by atoms with Crippen molar-refractivity contribution in [2.24, 2.45) is 0 Å². The van der Waals surface area contributed by atoms with E-state index in [-0.39, 0.29) is 28.4 Å². The summed E-state index contributed by atoms with van der Waals surface area (Å²) in [5.41, 5.74) is 46.5. The van der Waals surface area contributed by atoms with Crippen molar-refractivity contribution in [1.82, 2.24) is 0 Å². The summed E-state index contributed by atoms with van der Waals surface area (Å²) in [5.74, 6) is 0. The van der Waals surface area contributed by atoms with Gasteiger partial charge in [0.2, 0.25) is 0 Å². The largest absolute Gasteiger partial charge is 0.311 e. The number of hydrogen-bond acceptors (Lipinski definition) is 6. The van der Waals surface area contributed by atoms with Crippen molar-refractivity contribution in [3.8, 4) is 77.9 Å². The van der Waals surface area contributed by atoms with Gasteiger partial charge in [0.15, 0.2) is 0 Å². The van der Waals surface area contributed by atoms with E-state index in [1.807, 2.05) is 0 Å². The molecule has 0 spiro atoms. The Balaban J connectivity index is 0.863. The number of fused-ring (bicyclic) bond motifs is 8. The lowest BCUT2D eigenvalue weighted by molar-refractivity contribution is 0.590. The fourth-order valence-corrected chi connectivity index (χ4v) is 22.9. The third kappa shape index (κ3) is 15.8. The Bertz CT molecular complexity index is 8230. The maximum Gasteiger partial charge on any atom is 0.252 e. The Morgan fingerprint density at radius 3 is 0.743 bits per heavy atom. The van der Waals surface area contributed by atoms with Gasteiger partial charge in [0.05, 0.1) is 45.5 Å². The van der Waals surface area contributed by atoms with E-state index in [1.165, 1.54) is 55.0 Å². The molecule has 6 nitrogen and oxygen atoms in total. The lowest BCUT2D eigenvalue weighted by Gasteiger charge is -2.48. The number of para-hydroxylation sites is 10. The van der Waals surface area contributed by atoms with Crippen LogP contribution in [0.5, 0.6) is 0 Å². The molecule has 0 fully saturated rings. The van der Waals surface area contributed by atoms with Crippen LogP contribution in [0.15, 0.2) is 473 Å². The van der Waals surface area contributed by atoms with Crippen LogP contribution in [0.2, 0.25) is 0 Å². The molecular formula is C136H114B2N6. The Morgan fingerprint density at radius 2 is 0.410 bits per heavy atom. The fraction of sp³-hybridized carbons (Fsp3) is 0.118. The molecule has 0 N–H and O–H groups in total. The third-order valence-corrected chi connectivity index (χ3v) is 30.1. The highest BCUT2D eigenvalue weighted by molar-refractivity contribution is 7.03. The van der Waals surface area contributed by atoms with Crippen molar-refractivity contribution < 1.29 is 0 Å². The summed E-state index contributed by atoms with van der Waals surface area (Å²) in [5, 5.41) is 0. The van der Waals surface area contributed by atoms with Crippen molar-refractivity contribution in [1.29, 1.82) is 0 Å². The number of rotatable bonds is 17. The van der Waals surface area contributed by atoms with Gasteiger partial charge < -0.3 is 29.4 Å². The minimum absolute atomic E-state index is 0.0541. The standard InChI is InChI=1S/C136H114B2N6/c1-133(2,3)98-77-69-94(70-78-98)107-54-28-35-62-117(107)139(102-49-24-16-25-50-102)104-85-126-130-128(87-104)143(121-66-39-30-53-106(121)91-43-18-13-19-44-91)124-90-125-116(89-115(124)137(130)113-60-33-40-67-122(113)141(126)119-64-37-31-56-109(119)96-73-81-100(82-74-96)135(7,8)9)138-114-61-34-41-68-123(114)142(120-65-38-32-57-110(120)97-75-83-101(84-76-97)136(10,11)12)127-86-105(140(103-51-26-17-27-52-103)118-63-36-29-55-108(118)95-71-79-99(80-72-95)134(4,5)6)88-129(131(127)138)144(125)132-111(92-45-20-14-21-46-92)58-42-59-112(132)93-47-22-15-23-48-93/h13-90H,1-12H3. The van der Waals surface area contributed by atoms with Gasteiger partial charge >= 0.3 is 0 Å². The summed E-state index contributed by atoms with van der Waals surface area (Å²) in [4.78, 5) is 15.8. The van der Waals surface area contributed by atoms with Gasteiger partial charge in [0.25, 0.3) is 13.4 Å². The van der Waals surface area contributed by atoms with Crippen LogP contribution in [0.4, 0.5) is 102 Å². The molecule has 0 saturated heterocycles. The SMILES string of the molecule is CC(C)(C)c1ccc(-c2ccccc2N(c2ccccc2)c2cc3c4c(c2)N(c2ccccc2-c2ccccc2)c2cc5c(cc2B4c2ccccc2N3c2ccccc2-c2ccc(C(C)(C)C)cc2)B2c3ccccc3N(c3ccccc3-c3ccc(C(C)(C)C)cc3)c3cc(N(c4ccccc4)c4ccccc4-c4ccc(C(C)(C)C)cc4)cc(c32)N5c2c(-c3ccccc3)cccc2-c2ccccc2)cc1. The lowest BCUT2D eigenvalue weighted by atomic mass is 9.30. The number of anilines is 18. The molecule has 0 amide bonds. The van der Waals surface area contributed by atoms with Crippen LogP contribution >= 0.6 is 0 Å². The van der Waals surface area contributed by atoms with Crippen LogP contribution in [0.25, 0.3) is 77.9 Å². The van der Waals surface area contributed by atoms with Crippen molar-refractivity contribution in [2.75, 3.05) is 29.4 Å². The smallest absolute Gasteiger partial charge is 0.252 e. The Hall–Kier alpha value is -16.7. The molecule has 0 saturated carbocycles. The predicted octanol–water partition coefficient (Wildman–Crippen LogP) is 33.7. The highest BCUT2D eigenvalue weighted by Crippen LogP contribution is 2.58. The van der Waals surface area contributed by atoms with Crippen LogP contribution in [-0.2, 0) is 21.7 Å². The molecule has 0 unspecified atom stereocenters. The molecule has 0 aliphatic carbocycles. The Morgan fingerprint density at radius 1 is 0.167 bits per heavy atom. The van der Waals surface area contributed by atoms with E-state index in [1.54, 1.807) is 0 Å². The minimum atomic E-state index is -0.390. The zero-order valence-corrected chi connectivity index (χ0v) is 83.9. The van der Waals surface area contributed by atoms with Crippen molar-refractivity contribution >= 4 is 149 Å². The van der Waals surface area contributed by atoms with E-state index in [2.05, 4.69) is 586 Å². The van der Waals surface area contributed by atoms with Crippen LogP contribution in [-0.4, -0.2) is 13.4 Å². The first-order valence-electron chi connectivity index (χ1n) is 50.8. The molecule has 0 aromatic heterocycles. The van der Waals surface area contributed by atoms with Crippen LogP contribution in [0.1, 0.15) is 105 Å². The number of nitrogens with zero attached hydrogens (tertiary/aromatic N) is 6. The Labute approximate surface area is 850 Å². The zero-order valence-electron chi connectivity index (χ0n) is 83.9. The summed E-state index contributed by atoms with van der Waals surface area (Å²) >= 11 is 0. The second-order valence-corrected chi connectivity index (χ2v) is 43.1. The van der Waals surface area contributed by atoms with E-state index in [9.17, 15) is 0 Å². The average molecular weight is 1850 g/mol. The number of hydrogen-bond donors (Lipinski definition) is 0. The molecule has 4 heterocycles. The minimum Gasteiger partial charge on any atom is -0.311 e. The topological polar surface area (TPSA) is 19.4 Å². The monoisotopic (exact) mass is 1850 g/mol. The van der Waals surface area contributed by atoms with Crippen molar-refractivity contribution in [3.05, 3.63) is 495 Å². The maximum atomic E-state index is 2.75. The van der Waals surface area contributed by atoms with Crippen LogP contribution < -0.4 is 62.2 Å². The second-order valence-electron chi connectivity index (χ2n) is 43.1. The van der Waals surface area contributed by atoms with E-state index < -0.39 is 6.71 Å². The van der Waals surface area contributed by atoms with Gasteiger partial charge in [0.1, 0.15) is 0 Å². The molecule has 8 heteroatoms. The Kier molecular flexibility index (Phi) is 22.4. The van der Waals surface area contributed by atoms with Gasteiger partial charge in [-0.3, -0.25) is 0 Å². The average Bonchev–Trinajstić information content (AvgIpc) is 0.674. The van der Waals surface area contributed by atoms with Gasteiger partial charge in [-0.2, -0.15) is 0 Å². The summed E-state index contributed by atoms with van der Waals surface area (Å²) in [6.07, 6.45) is 0. The number of benzene rings is 20. The molecule has 0 bridgehead atoms. The fourth-order valence-electron chi connectivity index (χ4n) is 22.9. The molecule has 0 radical (unpaired) electrons. The van der Waals surface area contributed by atoms with E-state index >= 15 is 0 Å². The molecule has 24 rings (SSSR count). The molecular weight excluding hydrogens is 1740 g/mol. The lowest BCUT2D eigenvalue weighted by Crippen LogP contribution is -2.65. The van der Waals surface area contributed by atoms with Gasteiger partial charge in [-0.05, 0) is 213 Å². The summed E-state index contributed by atoms with van der Waals surface area (Å²) in [6.45, 7) is 26.9. The van der Waals surface area contributed by atoms with E-state index in [4.69, 9.17) is 0 Å². The van der Waals surface area contributed by atoms with Crippen LogP contribution in [0.3, 0.4) is 0 Å². The molecule has 20 aromatic carbocycles. The predicted molar refractivity (Wildman–Crippen MR) is 617 cm³/mol. The van der Waals surface area contributed by atoms with Crippen molar-refractivity contribution in [2.45, 2.75) is 105 Å². The quantitative estimate of drug-likeness (QED) is 0.0841. The highest BCUT2D eigenvalue weighted by Gasteiger charge is 2.51. The maximum absolute atomic E-state index is 2.75. The molecule has 694 valence electrons. The second kappa shape index (κ2) is 35.8. The molecule has 20 aromatic rings. The van der Waals surface area contributed by atoms with Crippen LogP contribution in [0, 0.1) is 0 Å². The normalized spacial score (nSPS) is 12.9. The zero-order chi connectivity index (χ0) is 98.0. The first-order chi connectivity index (χ1) is 70.0. The van der Waals surface area contributed by atoms with Gasteiger partial charge in [-0.1, -0.05) is 459 Å². The van der Waals surface area contributed by atoms with Gasteiger partial charge in [-0.25, -0.2) is 0 Å². The third-order valence-electron chi connectivity index (χ3n) is 30.1. The molecule has 4 aliphatic heterocycles. The summed E-state index contributed by atoms with van der Waals surface area (Å²) in [7, 11) is 0. The van der Waals surface area contributed by atoms with E-state index in [0.717, 1.165) is 180 Å². The summed E-state index contributed by atoms with van der Waals surface area (Å²) < 4.78 is 0. The van der Waals surface area contributed by atoms with Gasteiger partial charge in [0, 0.05) is 95.8 Å². The first kappa shape index (κ1) is 89.9. The molecule has 4 aliphatic rings. The summed E-state index contributed by atoms with van der Waals surface area (Å²) in [6, 6.07) is 180. The molecule has 144 heavy (non-hydrogen) atoms. The highest BCUT2D eigenvalue weighted by atomic mass is 15.2. The van der Waals surface area contributed by atoms with Crippen molar-refractivity contribution in [3.63, 3.8) is 0 Å². The van der Waals surface area contributed by atoms with E-state index in [0.29, 0.717) is 0 Å². The van der Waals surface area contributed by atoms with Gasteiger partial charge in [-0.15, -0.1) is 0 Å². The first-order valence-corrected chi connectivity index (χ1v) is 50.8. The molecule has 0 atom stereocenters.